The summed E-state index contributed by atoms with van der Waals surface area (Å²) in [6.07, 6.45) is 0.770. The Hall–Kier alpha value is -0.590. The molecule has 0 radical (unpaired) electrons. The highest BCUT2D eigenvalue weighted by Crippen LogP contribution is 2.24. The maximum Gasteiger partial charge on any atom is 0.228 e. The first-order chi connectivity index (χ1) is 9.20. The van der Waals surface area contributed by atoms with Crippen LogP contribution in [-0.4, -0.2) is 40.8 Å². The Morgan fingerprint density at radius 2 is 2.32 bits per heavy atom. The molecule has 0 aromatic carbocycles. The summed E-state index contributed by atoms with van der Waals surface area (Å²) in [5.41, 5.74) is 0. The number of nitrogens with zero attached hydrogens (tertiary/aromatic N) is 2. The summed E-state index contributed by atoms with van der Waals surface area (Å²) in [5.74, 6) is 3.91. The number of rotatable bonds is 6. The third-order valence-corrected chi connectivity index (χ3v) is 4.25. The molecule has 2 heterocycles. The van der Waals surface area contributed by atoms with Crippen molar-refractivity contribution in [2.24, 2.45) is 5.92 Å². The fourth-order valence-electron chi connectivity index (χ4n) is 2.11. The van der Waals surface area contributed by atoms with Crippen molar-refractivity contribution in [2.45, 2.75) is 39.3 Å². The van der Waals surface area contributed by atoms with Gasteiger partial charge in [-0.3, -0.25) is 0 Å². The Balaban J connectivity index is 1.95. The average molecular weight is 285 g/mol. The smallest absolute Gasteiger partial charge is 0.228 e. The van der Waals surface area contributed by atoms with Gasteiger partial charge in [-0.2, -0.15) is 16.7 Å². The van der Waals surface area contributed by atoms with Crippen LogP contribution in [0.4, 0.5) is 0 Å². The largest absolute Gasteiger partial charge is 0.368 e. The van der Waals surface area contributed by atoms with Crippen molar-refractivity contribution in [2.75, 3.05) is 24.7 Å². The topological polar surface area (TPSA) is 60.2 Å². The molecule has 6 heteroatoms. The minimum Gasteiger partial charge on any atom is -0.368 e. The van der Waals surface area contributed by atoms with Crippen molar-refractivity contribution in [3.8, 4) is 0 Å². The molecule has 1 saturated heterocycles. The summed E-state index contributed by atoms with van der Waals surface area (Å²) < 4.78 is 11.0. The van der Waals surface area contributed by atoms with Gasteiger partial charge in [-0.15, -0.1) is 0 Å². The number of aromatic nitrogens is 2. The van der Waals surface area contributed by atoms with E-state index in [-0.39, 0.29) is 6.10 Å². The standard InChI is InChI=1S/C13H23N3O2S/c1-4-14-10(9(2)3)7-12-15-13(16-18-12)11-8-19-6-5-17-11/h9-11,14H,4-8H2,1-3H3. The minimum atomic E-state index is -0.00659. The molecule has 1 aromatic heterocycles. The van der Waals surface area contributed by atoms with E-state index in [2.05, 4.69) is 36.2 Å². The van der Waals surface area contributed by atoms with Crippen molar-refractivity contribution in [1.29, 1.82) is 0 Å². The fraction of sp³-hybridized carbons (Fsp3) is 0.846. The second-order valence-corrected chi connectivity index (χ2v) is 6.24. The minimum absolute atomic E-state index is 0.00659. The lowest BCUT2D eigenvalue weighted by atomic mass is 10.0. The summed E-state index contributed by atoms with van der Waals surface area (Å²) in [6.45, 7) is 8.23. The lowest BCUT2D eigenvalue weighted by Crippen LogP contribution is -2.35. The summed E-state index contributed by atoms with van der Waals surface area (Å²) in [4.78, 5) is 4.48. The molecule has 1 aliphatic heterocycles. The van der Waals surface area contributed by atoms with Crippen LogP contribution in [0.1, 0.15) is 38.6 Å². The van der Waals surface area contributed by atoms with Gasteiger partial charge in [-0.25, -0.2) is 0 Å². The number of thioether (sulfide) groups is 1. The molecule has 0 spiro atoms. The first kappa shape index (κ1) is 14.8. The number of ether oxygens (including phenoxy) is 1. The highest BCUT2D eigenvalue weighted by Gasteiger charge is 2.23. The number of nitrogens with one attached hydrogen (secondary N) is 1. The van der Waals surface area contributed by atoms with Crippen LogP contribution >= 0.6 is 11.8 Å². The van der Waals surface area contributed by atoms with Crippen LogP contribution in [0.25, 0.3) is 0 Å². The molecule has 108 valence electrons. The van der Waals surface area contributed by atoms with E-state index < -0.39 is 0 Å². The van der Waals surface area contributed by atoms with E-state index in [1.165, 1.54) is 0 Å². The molecule has 1 aromatic rings. The van der Waals surface area contributed by atoms with Crippen molar-refractivity contribution in [3.63, 3.8) is 0 Å². The van der Waals surface area contributed by atoms with Gasteiger partial charge < -0.3 is 14.6 Å². The highest BCUT2D eigenvalue weighted by atomic mass is 32.2. The molecule has 0 aliphatic carbocycles. The maximum absolute atomic E-state index is 5.66. The predicted octanol–water partition coefficient (Wildman–Crippen LogP) is 2.05. The zero-order valence-corrected chi connectivity index (χ0v) is 12.7. The second kappa shape index (κ2) is 7.26. The quantitative estimate of drug-likeness (QED) is 0.863. The zero-order chi connectivity index (χ0) is 13.7. The van der Waals surface area contributed by atoms with Gasteiger partial charge in [0.25, 0.3) is 0 Å². The second-order valence-electron chi connectivity index (χ2n) is 5.09. The van der Waals surface area contributed by atoms with Gasteiger partial charge in [-0.1, -0.05) is 25.9 Å². The molecular formula is C13H23N3O2S. The van der Waals surface area contributed by atoms with E-state index in [1.807, 2.05) is 11.8 Å². The zero-order valence-electron chi connectivity index (χ0n) is 11.9. The van der Waals surface area contributed by atoms with Crippen LogP contribution in [0, 0.1) is 5.92 Å². The third-order valence-electron chi connectivity index (χ3n) is 3.25. The van der Waals surface area contributed by atoms with E-state index in [4.69, 9.17) is 9.26 Å². The van der Waals surface area contributed by atoms with E-state index in [0.29, 0.717) is 23.7 Å². The summed E-state index contributed by atoms with van der Waals surface area (Å²) >= 11 is 1.88. The Bertz CT molecular complexity index is 378. The molecular weight excluding hydrogens is 262 g/mol. The van der Waals surface area contributed by atoms with Crippen LogP contribution in [0.15, 0.2) is 4.52 Å². The van der Waals surface area contributed by atoms with E-state index in [1.54, 1.807) is 0 Å². The fourth-order valence-corrected chi connectivity index (χ4v) is 2.95. The average Bonchev–Trinajstić information content (AvgIpc) is 2.88. The number of likely N-dealkylation sites (N-methyl/N-ethyl adjacent to an activating group) is 1. The first-order valence-corrected chi connectivity index (χ1v) is 8.11. The third kappa shape index (κ3) is 4.19. The van der Waals surface area contributed by atoms with Crippen LogP contribution < -0.4 is 5.32 Å². The number of hydrogen-bond donors (Lipinski definition) is 1. The van der Waals surface area contributed by atoms with Crippen molar-refractivity contribution < 1.29 is 9.26 Å². The molecule has 0 bridgehead atoms. The Labute approximate surface area is 118 Å². The van der Waals surface area contributed by atoms with Crippen molar-refractivity contribution >= 4 is 11.8 Å². The molecule has 1 N–H and O–H groups in total. The monoisotopic (exact) mass is 285 g/mol. The van der Waals surface area contributed by atoms with Gasteiger partial charge in [-0.05, 0) is 12.5 Å². The van der Waals surface area contributed by atoms with Crippen LogP contribution in [0.5, 0.6) is 0 Å². The summed E-state index contributed by atoms with van der Waals surface area (Å²) in [6, 6.07) is 0.375. The summed E-state index contributed by atoms with van der Waals surface area (Å²) in [5, 5.41) is 7.52. The maximum atomic E-state index is 5.66. The molecule has 1 aliphatic rings. The van der Waals surface area contributed by atoms with Gasteiger partial charge in [0.1, 0.15) is 6.10 Å². The van der Waals surface area contributed by atoms with Gasteiger partial charge in [0, 0.05) is 24.0 Å². The van der Waals surface area contributed by atoms with E-state index in [0.717, 1.165) is 31.1 Å². The van der Waals surface area contributed by atoms with E-state index in [9.17, 15) is 0 Å². The molecule has 1 fully saturated rings. The SMILES string of the molecule is CCNC(Cc1nc(C2CSCCO2)no1)C(C)C. The van der Waals surface area contributed by atoms with Gasteiger partial charge in [0.05, 0.1) is 6.61 Å². The first-order valence-electron chi connectivity index (χ1n) is 6.96. The summed E-state index contributed by atoms with van der Waals surface area (Å²) in [7, 11) is 0. The highest BCUT2D eigenvalue weighted by molar-refractivity contribution is 7.99. The van der Waals surface area contributed by atoms with Gasteiger partial charge >= 0.3 is 0 Å². The van der Waals surface area contributed by atoms with E-state index >= 15 is 0 Å². The lowest BCUT2D eigenvalue weighted by molar-refractivity contribution is 0.0677. The molecule has 5 nitrogen and oxygen atoms in total. The Morgan fingerprint density at radius 3 is 2.95 bits per heavy atom. The molecule has 19 heavy (non-hydrogen) atoms. The molecule has 0 saturated carbocycles. The molecule has 2 atom stereocenters. The molecule has 2 unspecified atom stereocenters. The van der Waals surface area contributed by atoms with Crippen molar-refractivity contribution in [1.82, 2.24) is 15.5 Å². The van der Waals surface area contributed by atoms with Gasteiger partial charge in [0.2, 0.25) is 11.7 Å². The molecule has 2 rings (SSSR count). The van der Waals surface area contributed by atoms with Crippen LogP contribution in [0.3, 0.4) is 0 Å². The van der Waals surface area contributed by atoms with Crippen LogP contribution in [0.2, 0.25) is 0 Å². The Morgan fingerprint density at radius 1 is 1.47 bits per heavy atom. The lowest BCUT2D eigenvalue weighted by Gasteiger charge is -2.20. The van der Waals surface area contributed by atoms with Crippen molar-refractivity contribution in [3.05, 3.63) is 11.7 Å². The molecule has 0 amide bonds. The normalized spacial score (nSPS) is 21.8. The van der Waals surface area contributed by atoms with Gasteiger partial charge in [0.15, 0.2) is 0 Å². The predicted molar refractivity (Wildman–Crippen MR) is 76.3 cm³/mol. The van der Waals surface area contributed by atoms with Crippen LogP contribution in [-0.2, 0) is 11.2 Å². The number of hydrogen-bond acceptors (Lipinski definition) is 6. The Kier molecular flexibility index (Phi) is 5.66.